The molecule has 176 valence electrons. The Bertz CT molecular complexity index is 1170. The van der Waals surface area contributed by atoms with E-state index in [0.717, 1.165) is 55.5 Å². The molecule has 34 heavy (non-hydrogen) atoms. The zero-order chi connectivity index (χ0) is 23.5. The summed E-state index contributed by atoms with van der Waals surface area (Å²) in [7, 11) is 0. The van der Waals surface area contributed by atoms with Crippen LogP contribution in [-0.2, 0) is 9.53 Å². The monoisotopic (exact) mass is 459 g/mol. The third-order valence-electron chi connectivity index (χ3n) is 6.07. The molecular formula is C26H29N5O3. The van der Waals surface area contributed by atoms with Crippen LogP contribution in [0.2, 0.25) is 0 Å². The lowest BCUT2D eigenvalue weighted by Crippen LogP contribution is -2.45. The number of morpholine rings is 1. The molecule has 3 heterocycles. The van der Waals surface area contributed by atoms with E-state index in [4.69, 9.17) is 14.5 Å². The van der Waals surface area contributed by atoms with Crippen LogP contribution in [0.5, 0.6) is 5.75 Å². The number of carbonyl (C=O) groups is 1. The van der Waals surface area contributed by atoms with Gasteiger partial charge in [-0.2, -0.15) is 0 Å². The summed E-state index contributed by atoms with van der Waals surface area (Å²) in [6, 6.07) is 14.0. The second-order valence-electron chi connectivity index (χ2n) is 8.74. The van der Waals surface area contributed by atoms with E-state index >= 15 is 0 Å². The van der Waals surface area contributed by atoms with E-state index < -0.39 is 0 Å². The molecule has 2 aliphatic rings. The molecule has 0 atom stereocenters. The molecule has 1 aromatic heterocycles. The quantitative estimate of drug-likeness (QED) is 0.604. The zero-order valence-electron chi connectivity index (χ0n) is 19.6. The smallest absolute Gasteiger partial charge is 0.265 e. The molecule has 0 spiro atoms. The van der Waals surface area contributed by atoms with Crippen molar-refractivity contribution in [3.05, 3.63) is 59.8 Å². The average molecular weight is 460 g/mol. The molecule has 8 nitrogen and oxygen atoms in total. The first-order chi connectivity index (χ1) is 16.5. The van der Waals surface area contributed by atoms with E-state index in [1.807, 2.05) is 29.2 Å². The number of hydrogen-bond acceptors (Lipinski definition) is 7. The van der Waals surface area contributed by atoms with Gasteiger partial charge in [-0.3, -0.25) is 9.69 Å². The molecule has 5 rings (SSSR count). The van der Waals surface area contributed by atoms with Gasteiger partial charge in [0.25, 0.3) is 5.91 Å². The van der Waals surface area contributed by atoms with Crippen molar-refractivity contribution >= 4 is 23.2 Å². The highest BCUT2D eigenvalue weighted by Gasteiger charge is 2.26. The lowest BCUT2D eigenvalue weighted by atomic mass is 10.1. The van der Waals surface area contributed by atoms with Gasteiger partial charge >= 0.3 is 0 Å². The van der Waals surface area contributed by atoms with Crippen LogP contribution in [0.3, 0.4) is 0 Å². The highest BCUT2D eigenvalue weighted by Crippen LogP contribution is 2.36. The van der Waals surface area contributed by atoms with Crippen molar-refractivity contribution in [2.75, 3.05) is 56.2 Å². The predicted octanol–water partition coefficient (Wildman–Crippen LogP) is 3.56. The second kappa shape index (κ2) is 9.79. The first kappa shape index (κ1) is 22.3. The van der Waals surface area contributed by atoms with Crippen LogP contribution in [0.15, 0.2) is 48.7 Å². The summed E-state index contributed by atoms with van der Waals surface area (Å²) in [4.78, 5) is 26.0. The van der Waals surface area contributed by atoms with Crippen molar-refractivity contribution in [3.8, 4) is 17.0 Å². The maximum Gasteiger partial charge on any atom is 0.265 e. The summed E-state index contributed by atoms with van der Waals surface area (Å²) in [5, 5.41) is 3.30. The molecule has 0 radical (unpaired) electrons. The van der Waals surface area contributed by atoms with Gasteiger partial charge in [-0.05, 0) is 61.4 Å². The SMILES string of the molecule is Cc1cc(C)cc(Nc2nccc(-c3ccc4c(c3)N(CCN3CCOCC3)C(=O)CO4)n2)c1. The standard InChI is InChI=1S/C26H29N5O3/c1-18-13-19(2)15-21(14-18)28-26-27-6-5-22(29-26)20-3-4-24-23(16-20)31(25(32)17-34-24)8-7-30-9-11-33-12-10-30/h3-6,13-16H,7-12,17H2,1-2H3,(H,27,28,29). The minimum Gasteiger partial charge on any atom is -0.482 e. The molecule has 1 N–H and O–H groups in total. The Kier molecular flexibility index (Phi) is 6.42. The van der Waals surface area contributed by atoms with Gasteiger partial charge in [0.05, 0.1) is 24.6 Å². The fourth-order valence-electron chi connectivity index (χ4n) is 4.43. The molecule has 0 bridgehead atoms. The third-order valence-corrected chi connectivity index (χ3v) is 6.07. The Morgan fingerprint density at radius 1 is 1.00 bits per heavy atom. The topological polar surface area (TPSA) is 79.8 Å². The first-order valence-electron chi connectivity index (χ1n) is 11.6. The summed E-state index contributed by atoms with van der Waals surface area (Å²) in [6.07, 6.45) is 1.74. The highest BCUT2D eigenvalue weighted by molar-refractivity contribution is 5.98. The molecule has 1 amide bonds. The van der Waals surface area contributed by atoms with Gasteiger partial charge in [-0.1, -0.05) is 6.07 Å². The second-order valence-corrected chi connectivity index (χ2v) is 8.74. The number of nitrogens with one attached hydrogen (secondary N) is 1. The number of fused-ring (bicyclic) bond motifs is 1. The lowest BCUT2D eigenvalue weighted by Gasteiger charge is -2.33. The maximum absolute atomic E-state index is 12.7. The van der Waals surface area contributed by atoms with Crippen molar-refractivity contribution in [3.63, 3.8) is 0 Å². The van der Waals surface area contributed by atoms with E-state index in [0.29, 0.717) is 18.2 Å². The molecule has 1 fully saturated rings. The van der Waals surface area contributed by atoms with E-state index in [1.165, 1.54) is 11.1 Å². The maximum atomic E-state index is 12.7. The van der Waals surface area contributed by atoms with Crippen LogP contribution in [0.1, 0.15) is 11.1 Å². The van der Waals surface area contributed by atoms with E-state index in [1.54, 1.807) is 6.20 Å². The Morgan fingerprint density at radius 2 is 1.79 bits per heavy atom. The van der Waals surface area contributed by atoms with Crippen molar-refractivity contribution in [1.82, 2.24) is 14.9 Å². The molecule has 8 heteroatoms. The number of anilines is 3. The highest BCUT2D eigenvalue weighted by atomic mass is 16.5. The number of benzene rings is 2. The number of ether oxygens (including phenoxy) is 2. The number of rotatable bonds is 6. The van der Waals surface area contributed by atoms with Gasteiger partial charge in [0.2, 0.25) is 5.95 Å². The summed E-state index contributed by atoms with van der Waals surface area (Å²) in [5.74, 6) is 1.21. The number of aromatic nitrogens is 2. The van der Waals surface area contributed by atoms with Gasteiger partial charge in [-0.15, -0.1) is 0 Å². The van der Waals surface area contributed by atoms with Crippen molar-refractivity contribution < 1.29 is 14.3 Å². The fourth-order valence-corrected chi connectivity index (χ4v) is 4.43. The van der Waals surface area contributed by atoms with Gasteiger partial charge < -0.3 is 19.7 Å². The Hall–Kier alpha value is -3.49. The molecule has 2 aliphatic heterocycles. The van der Waals surface area contributed by atoms with E-state index in [-0.39, 0.29) is 12.5 Å². The third kappa shape index (κ3) is 5.03. The Labute approximate surface area is 199 Å². The summed E-state index contributed by atoms with van der Waals surface area (Å²) < 4.78 is 11.1. The number of carbonyl (C=O) groups excluding carboxylic acids is 1. The van der Waals surface area contributed by atoms with Crippen LogP contribution >= 0.6 is 0 Å². The average Bonchev–Trinajstić information content (AvgIpc) is 2.83. The zero-order valence-corrected chi connectivity index (χ0v) is 19.6. The minimum atomic E-state index is -0.0298. The van der Waals surface area contributed by atoms with Crippen LogP contribution in [0, 0.1) is 13.8 Å². The fraction of sp³-hybridized carbons (Fsp3) is 0.346. The molecule has 1 saturated heterocycles. The largest absolute Gasteiger partial charge is 0.482 e. The van der Waals surface area contributed by atoms with E-state index in [2.05, 4.69) is 47.2 Å². The van der Waals surface area contributed by atoms with E-state index in [9.17, 15) is 4.79 Å². The molecule has 0 unspecified atom stereocenters. The summed E-state index contributed by atoms with van der Waals surface area (Å²) in [5.41, 5.74) is 5.76. The predicted molar refractivity (Wildman–Crippen MR) is 132 cm³/mol. The van der Waals surface area contributed by atoms with Gasteiger partial charge in [-0.25, -0.2) is 9.97 Å². The molecule has 3 aromatic rings. The molecule has 0 saturated carbocycles. The van der Waals surface area contributed by atoms with Crippen LogP contribution in [0.4, 0.5) is 17.3 Å². The number of amides is 1. The van der Waals surface area contributed by atoms with Crippen molar-refractivity contribution in [1.29, 1.82) is 0 Å². The number of nitrogens with zero attached hydrogens (tertiary/aromatic N) is 4. The Morgan fingerprint density at radius 3 is 2.59 bits per heavy atom. The first-order valence-corrected chi connectivity index (χ1v) is 11.6. The van der Waals surface area contributed by atoms with Crippen LogP contribution < -0.4 is 15.0 Å². The van der Waals surface area contributed by atoms with Gasteiger partial charge in [0.15, 0.2) is 6.61 Å². The summed E-state index contributed by atoms with van der Waals surface area (Å²) >= 11 is 0. The molecular weight excluding hydrogens is 430 g/mol. The molecule has 2 aromatic carbocycles. The number of hydrogen-bond donors (Lipinski definition) is 1. The normalized spacial score (nSPS) is 16.2. The van der Waals surface area contributed by atoms with Gasteiger partial charge in [0, 0.05) is 43.6 Å². The van der Waals surface area contributed by atoms with Crippen molar-refractivity contribution in [2.45, 2.75) is 13.8 Å². The van der Waals surface area contributed by atoms with Gasteiger partial charge in [0.1, 0.15) is 5.75 Å². The number of aryl methyl sites for hydroxylation is 2. The van der Waals surface area contributed by atoms with Crippen molar-refractivity contribution in [2.24, 2.45) is 0 Å². The van der Waals surface area contributed by atoms with Crippen LogP contribution in [0.25, 0.3) is 11.3 Å². The Balaban J connectivity index is 1.38. The molecule has 0 aliphatic carbocycles. The lowest BCUT2D eigenvalue weighted by molar-refractivity contribution is -0.121. The minimum absolute atomic E-state index is 0.0298. The summed E-state index contributed by atoms with van der Waals surface area (Å²) in [6.45, 7) is 8.87. The van der Waals surface area contributed by atoms with Crippen LogP contribution in [-0.4, -0.2) is 66.8 Å².